The summed E-state index contributed by atoms with van der Waals surface area (Å²) in [6, 6.07) is 12.4. The van der Waals surface area contributed by atoms with Gasteiger partial charge in [0.2, 0.25) is 11.6 Å². The van der Waals surface area contributed by atoms with E-state index in [1.54, 1.807) is 46.0 Å². The predicted molar refractivity (Wildman–Crippen MR) is 127 cm³/mol. The third kappa shape index (κ3) is 4.64. The molecule has 0 aliphatic carbocycles. The maximum absolute atomic E-state index is 14.0. The Balaban J connectivity index is 1.18. The summed E-state index contributed by atoms with van der Waals surface area (Å²) in [5.74, 6) is -0.0635. The van der Waals surface area contributed by atoms with Gasteiger partial charge in [0.05, 0.1) is 11.4 Å². The highest BCUT2D eigenvalue weighted by atomic mass is 19.1. The number of carbonyl (C=O) groups excluding carboxylic acids is 1. The number of anilines is 1. The van der Waals surface area contributed by atoms with Gasteiger partial charge in [0, 0.05) is 51.4 Å². The van der Waals surface area contributed by atoms with Crippen molar-refractivity contribution >= 4 is 17.2 Å². The summed E-state index contributed by atoms with van der Waals surface area (Å²) >= 11 is 0. The molecule has 0 saturated carbocycles. The second-order valence-electron chi connectivity index (χ2n) is 8.44. The number of rotatable bonds is 6. The van der Waals surface area contributed by atoms with Gasteiger partial charge in [0.15, 0.2) is 0 Å². The minimum absolute atomic E-state index is 0.0421. The fourth-order valence-electron chi connectivity index (χ4n) is 4.40. The van der Waals surface area contributed by atoms with Gasteiger partial charge < -0.3 is 9.80 Å². The van der Waals surface area contributed by atoms with E-state index in [1.807, 2.05) is 4.90 Å². The van der Waals surface area contributed by atoms with Crippen molar-refractivity contribution in [3.8, 4) is 5.69 Å². The number of fused-ring (bicyclic) bond motifs is 1. The van der Waals surface area contributed by atoms with E-state index < -0.39 is 11.4 Å². The Morgan fingerprint density at radius 1 is 0.943 bits per heavy atom. The minimum atomic E-state index is -0.435. The second kappa shape index (κ2) is 9.65. The third-order valence-electron chi connectivity index (χ3n) is 6.24. The molecule has 1 amide bonds. The van der Waals surface area contributed by atoms with Crippen LogP contribution in [0.15, 0.2) is 65.7 Å². The summed E-state index contributed by atoms with van der Waals surface area (Å²) in [5, 5.41) is 8.14. The lowest BCUT2D eigenvalue weighted by molar-refractivity contribution is -0.131. The van der Waals surface area contributed by atoms with E-state index in [2.05, 4.69) is 10.2 Å². The summed E-state index contributed by atoms with van der Waals surface area (Å²) in [4.78, 5) is 29.3. The number of nitrogens with zero attached hydrogens (tertiary/aromatic N) is 6. The van der Waals surface area contributed by atoms with Crippen LogP contribution >= 0.6 is 0 Å². The summed E-state index contributed by atoms with van der Waals surface area (Å²) in [7, 11) is 0. The van der Waals surface area contributed by atoms with Crippen molar-refractivity contribution in [1.82, 2.24) is 24.1 Å². The van der Waals surface area contributed by atoms with Gasteiger partial charge in [-0.1, -0.05) is 18.2 Å². The first-order valence-corrected chi connectivity index (χ1v) is 11.5. The van der Waals surface area contributed by atoms with Gasteiger partial charge >= 0.3 is 5.56 Å². The second-order valence-corrected chi connectivity index (χ2v) is 8.44. The van der Waals surface area contributed by atoms with Gasteiger partial charge in [0.1, 0.15) is 17.5 Å². The topological polar surface area (TPSA) is 75.7 Å². The molecule has 4 aromatic rings. The van der Waals surface area contributed by atoms with Gasteiger partial charge in [-0.25, -0.2) is 8.78 Å². The Hall–Kier alpha value is -4.08. The molecule has 1 aliphatic heterocycles. The quantitative estimate of drug-likeness (QED) is 0.426. The van der Waals surface area contributed by atoms with Crippen LogP contribution in [0.3, 0.4) is 0 Å². The molecule has 2 aromatic heterocycles. The van der Waals surface area contributed by atoms with E-state index in [0.717, 1.165) is 0 Å². The van der Waals surface area contributed by atoms with Crippen molar-refractivity contribution in [2.24, 2.45) is 0 Å². The first-order valence-electron chi connectivity index (χ1n) is 11.5. The number of amides is 1. The summed E-state index contributed by atoms with van der Waals surface area (Å²) in [5.41, 5.74) is 0.709. The molecule has 0 N–H and O–H groups in total. The van der Waals surface area contributed by atoms with Crippen molar-refractivity contribution in [1.29, 1.82) is 0 Å². The summed E-state index contributed by atoms with van der Waals surface area (Å²) in [6.07, 6.45) is 4.60. The van der Waals surface area contributed by atoms with Crippen LogP contribution in [0.25, 0.3) is 11.3 Å². The fourth-order valence-corrected chi connectivity index (χ4v) is 4.40. The molecule has 35 heavy (non-hydrogen) atoms. The molecule has 10 heteroatoms. The highest BCUT2D eigenvalue weighted by Gasteiger charge is 2.22. The van der Waals surface area contributed by atoms with Crippen LogP contribution < -0.4 is 10.5 Å². The molecule has 5 rings (SSSR count). The number of halogens is 2. The molecule has 1 saturated heterocycles. The standard InChI is InChI=1S/C25H24F2N6O2/c26-18-5-3-6-19(17-18)32-15-16-33-22(28-29-24(33)25(32)35)9-4-10-23(34)31-13-11-30(12-14-31)21-8-2-1-7-20(21)27/h1-3,5-8,15-17H,4,9-14H2. The van der Waals surface area contributed by atoms with Crippen molar-refractivity contribution in [2.75, 3.05) is 31.1 Å². The molecule has 0 bridgehead atoms. The van der Waals surface area contributed by atoms with Crippen LogP contribution in [0.5, 0.6) is 0 Å². The Bertz CT molecular complexity index is 1430. The van der Waals surface area contributed by atoms with E-state index in [1.165, 1.54) is 28.8 Å². The number of benzene rings is 2. The Labute approximate surface area is 200 Å². The number of aryl methyl sites for hydroxylation is 1. The van der Waals surface area contributed by atoms with Crippen molar-refractivity contribution < 1.29 is 13.6 Å². The Kier molecular flexibility index (Phi) is 6.26. The molecule has 8 nitrogen and oxygen atoms in total. The number of aromatic nitrogens is 4. The van der Waals surface area contributed by atoms with Crippen LogP contribution in [0.4, 0.5) is 14.5 Å². The molecule has 180 valence electrons. The lowest BCUT2D eigenvalue weighted by Crippen LogP contribution is -2.49. The highest BCUT2D eigenvalue weighted by Crippen LogP contribution is 2.20. The Morgan fingerprint density at radius 3 is 2.51 bits per heavy atom. The van der Waals surface area contributed by atoms with E-state index in [0.29, 0.717) is 62.6 Å². The van der Waals surface area contributed by atoms with Gasteiger partial charge in [-0.05, 0) is 36.8 Å². The van der Waals surface area contributed by atoms with Crippen LogP contribution in [0, 0.1) is 11.6 Å². The normalized spacial score (nSPS) is 14.0. The van der Waals surface area contributed by atoms with Crippen molar-refractivity contribution in [2.45, 2.75) is 19.3 Å². The van der Waals surface area contributed by atoms with E-state index in [4.69, 9.17) is 0 Å². The average Bonchev–Trinajstić information content (AvgIpc) is 3.28. The van der Waals surface area contributed by atoms with Crippen LogP contribution in [0.1, 0.15) is 18.7 Å². The first-order chi connectivity index (χ1) is 17.0. The number of hydrogen-bond acceptors (Lipinski definition) is 5. The molecular weight excluding hydrogens is 454 g/mol. The largest absolute Gasteiger partial charge is 0.366 e. The molecule has 0 atom stereocenters. The lowest BCUT2D eigenvalue weighted by Gasteiger charge is -2.36. The van der Waals surface area contributed by atoms with Gasteiger partial charge in [-0.2, -0.15) is 0 Å². The number of piperazine rings is 1. The van der Waals surface area contributed by atoms with Gasteiger partial charge in [-0.3, -0.25) is 18.6 Å². The highest BCUT2D eigenvalue weighted by molar-refractivity contribution is 5.76. The van der Waals surface area contributed by atoms with Crippen molar-refractivity contribution in [3.63, 3.8) is 0 Å². The smallest absolute Gasteiger partial charge is 0.300 e. The molecule has 0 unspecified atom stereocenters. The number of hydrogen-bond donors (Lipinski definition) is 0. The summed E-state index contributed by atoms with van der Waals surface area (Å²) in [6.45, 7) is 2.25. The number of para-hydroxylation sites is 1. The first kappa shape index (κ1) is 22.7. The minimum Gasteiger partial charge on any atom is -0.366 e. The van der Waals surface area contributed by atoms with E-state index in [-0.39, 0.29) is 17.4 Å². The zero-order chi connectivity index (χ0) is 24.4. The SMILES string of the molecule is O=C(CCCc1nnc2c(=O)n(-c3cccc(F)c3)ccn12)N1CCN(c2ccccc2F)CC1. The van der Waals surface area contributed by atoms with E-state index >= 15 is 0 Å². The maximum atomic E-state index is 14.0. The van der Waals surface area contributed by atoms with Crippen molar-refractivity contribution in [3.05, 3.63) is 88.7 Å². The van der Waals surface area contributed by atoms with Gasteiger partial charge in [-0.15, -0.1) is 10.2 Å². The van der Waals surface area contributed by atoms with Gasteiger partial charge in [0.25, 0.3) is 0 Å². The molecule has 3 heterocycles. The molecule has 1 fully saturated rings. The molecule has 0 spiro atoms. The maximum Gasteiger partial charge on any atom is 0.300 e. The predicted octanol–water partition coefficient (Wildman–Crippen LogP) is 2.83. The molecule has 1 aliphatic rings. The van der Waals surface area contributed by atoms with E-state index in [9.17, 15) is 18.4 Å². The van der Waals surface area contributed by atoms with Crippen LogP contribution in [-0.4, -0.2) is 56.2 Å². The lowest BCUT2D eigenvalue weighted by atomic mass is 10.2. The summed E-state index contributed by atoms with van der Waals surface area (Å²) < 4.78 is 30.5. The van der Waals surface area contributed by atoms with Crippen LogP contribution in [0.2, 0.25) is 0 Å². The zero-order valence-electron chi connectivity index (χ0n) is 19.0. The average molecular weight is 479 g/mol. The van der Waals surface area contributed by atoms with Crippen LogP contribution in [-0.2, 0) is 11.2 Å². The molecule has 0 radical (unpaired) electrons. The molecule has 2 aromatic carbocycles. The third-order valence-corrected chi connectivity index (χ3v) is 6.24. The molecular formula is C25H24F2N6O2. The Morgan fingerprint density at radius 2 is 1.74 bits per heavy atom. The zero-order valence-corrected chi connectivity index (χ0v) is 19.0. The monoisotopic (exact) mass is 478 g/mol. The fraction of sp³-hybridized carbons (Fsp3) is 0.280. The number of carbonyl (C=O) groups is 1.